The number of nitrogen functional groups attached to an aromatic ring is 1. The molecule has 1 heterocycles. The SMILES string of the molecule is Cc1cc(C(F)(F)F)ccc1-c1ccc(C=NC23CCCC(O)(C2)C3)c(N)n1. The molecule has 0 aliphatic heterocycles. The van der Waals surface area contributed by atoms with Gasteiger partial charge in [0, 0.05) is 30.2 Å². The fraction of sp³-hybridized carbons (Fsp3) is 0.429. The fourth-order valence-corrected chi connectivity index (χ4v) is 4.51. The highest BCUT2D eigenvalue weighted by Gasteiger charge is 2.56. The predicted octanol–water partition coefficient (Wildman–Crippen LogP) is 4.52. The second-order valence-electron chi connectivity index (χ2n) is 8.11. The summed E-state index contributed by atoms with van der Waals surface area (Å²) in [5, 5.41) is 10.2. The average molecular weight is 389 g/mol. The molecule has 5 rings (SSSR count). The lowest BCUT2D eigenvalue weighted by molar-refractivity contribution is -0.137. The lowest BCUT2D eigenvalue weighted by Crippen LogP contribution is -2.59. The standard InChI is InChI=1S/C21H22F3N3O/c1-13-9-15(21(22,23)24)4-5-16(13)17-6-3-14(18(25)27-17)10-26-19-7-2-8-20(28,11-19)12-19/h3-6,9-10,28H,2,7-8,11-12H2,1H3,(H2,25,27). The number of hydrogen-bond donors (Lipinski definition) is 2. The van der Waals surface area contributed by atoms with Crippen LogP contribution in [0.5, 0.6) is 0 Å². The molecule has 0 radical (unpaired) electrons. The minimum absolute atomic E-state index is 0.192. The quantitative estimate of drug-likeness (QED) is 0.758. The van der Waals surface area contributed by atoms with Crippen molar-refractivity contribution in [3.63, 3.8) is 0 Å². The predicted molar refractivity (Wildman–Crippen MR) is 102 cm³/mol. The molecule has 0 unspecified atom stereocenters. The van der Waals surface area contributed by atoms with E-state index in [-0.39, 0.29) is 11.4 Å². The van der Waals surface area contributed by atoms with Gasteiger partial charge < -0.3 is 10.8 Å². The van der Waals surface area contributed by atoms with Gasteiger partial charge in [0.15, 0.2) is 0 Å². The number of fused-ring (bicyclic) bond motifs is 2. The van der Waals surface area contributed by atoms with E-state index in [1.54, 1.807) is 25.3 Å². The normalized spacial score (nSPS) is 27.0. The van der Waals surface area contributed by atoms with Crippen LogP contribution >= 0.6 is 0 Å². The largest absolute Gasteiger partial charge is 0.416 e. The van der Waals surface area contributed by atoms with Crippen LogP contribution in [-0.4, -0.2) is 27.4 Å². The van der Waals surface area contributed by atoms with Crippen molar-refractivity contribution < 1.29 is 18.3 Å². The number of aliphatic hydroxyl groups is 1. The summed E-state index contributed by atoms with van der Waals surface area (Å²) < 4.78 is 38.5. The Morgan fingerprint density at radius 3 is 2.54 bits per heavy atom. The molecule has 148 valence electrons. The highest BCUT2D eigenvalue weighted by atomic mass is 19.4. The van der Waals surface area contributed by atoms with Gasteiger partial charge in [0.1, 0.15) is 5.82 Å². The number of rotatable bonds is 3. The van der Waals surface area contributed by atoms with Crippen molar-refractivity contribution >= 4 is 12.0 Å². The highest BCUT2D eigenvalue weighted by Crippen LogP contribution is 2.54. The van der Waals surface area contributed by atoms with Crippen molar-refractivity contribution in [1.82, 2.24) is 4.98 Å². The molecule has 3 aliphatic rings. The maximum absolute atomic E-state index is 12.8. The van der Waals surface area contributed by atoms with E-state index in [0.29, 0.717) is 35.2 Å². The van der Waals surface area contributed by atoms with E-state index in [0.717, 1.165) is 31.4 Å². The molecule has 2 bridgehead atoms. The molecule has 0 amide bonds. The summed E-state index contributed by atoms with van der Waals surface area (Å²) in [5.41, 5.74) is 6.93. The number of pyridine rings is 1. The summed E-state index contributed by atoms with van der Waals surface area (Å²) in [6.07, 6.45) is 1.48. The zero-order chi connectivity index (χ0) is 20.2. The van der Waals surface area contributed by atoms with Gasteiger partial charge in [-0.1, -0.05) is 6.07 Å². The van der Waals surface area contributed by atoms with Crippen molar-refractivity contribution in [1.29, 1.82) is 0 Å². The first kappa shape index (κ1) is 18.9. The van der Waals surface area contributed by atoms with Crippen molar-refractivity contribution in [3.05, 3.63) is 47.0 Å². The summed E-state index contributed by atoms with van der Waals surface area (Å²) in [6, 6.07) is 7.10. The van der Waals surface area contributed by atoms with Crippen LogP contribution in [0.4, 0.5) is 19.0 Å². The second kappa shape index (κ2) is 6.30. The van der Waals surface area contributed by atoms with E-state index in [4.69, 9.17) is 5.73 Å². The average Bonchev–Trinajstić information content (AvgIpc) is 2.59. The van der Waals surface area contributed by atoms with Crippen molar-refractivity contribution in [3.8, 4) is 11.3 Å². The molecule has 3 saturated carbocycles. The van der Waals surface area contributed by atoms with Gasteiger partial charge in [-0.25, -0.2) is 4.98 Å². The van der Waals surface area contributed by atoms with Crippen LogP contribution in [0.3, 0.4) is 0 Å². The minimum Gasteiger partial charge on any atom is -0.390 e. The molecule has 7 heteroatoms. The van der Waals surface area contributed by atoms with Crippen LogP contribution in [0.25, 0.3) is 11.3 Å². The van der Waals surface area contributed by atoms with E-state index < -0.39 is 17.3 Å². The van der Waals surface area contributed by atoms with Gasteiger partial charge in [-0.15, -0.1) is 0 Å². The molecule has 3 aliphatic carbocycles. The summed E-state index contributed by atoms with van der Waals surface area (Å²) in [6.45, 7) is 1.62. The summed E-state index contributed by atoms with van der Waals surface area (Å²) in [5.74, 6) is 0.280. The summed E-state index contributed by atoms with van der Waals surface area (Å²) in [7, 11) is 0. The van der Waals surface area contributed by atoms with Crippen LogP contribution in [0.15, 0.2) is 35.3 Å². The smallest absolute Gasteiger partial charge is 0.390 e. The molecule has 1 aromatic carbocycles. The minimum atomic E-state index is -4.37. The van der Waals surface area contributed by atoms with E-state index in [2.05, 4.69) is 9.98 Å². The molecule has 0 saturated heterocycles. The first-order chi connectivity index (χ1) is 13.1. The van der Waals surface area contributed by atoms with Gasteiger partial charge in [0.05, 0.1) is 22.4 Å². The van der Waals surface area contributed by atoms with Crippen LogP contribution in [0, 0.1) is 6.92 Å². The van der Waals surface area contributed by atoms with Gasteiger partial charge in [-0.05, 0) is 56.0 Å². The Labute approximate surface area is 161 Å². The van der Waals surface area contributed by atoms with Crippen LogP contribution < -0.4 is 5.73 Å². The van der Waals surface area contributed by atoms with Gasteiger partial charge in [0.2, 0.25) is 0 Å². The summed E-state index contributed by atoms with van der Waals surface area (Å²) in [4.78, 5) is 9.05. The number of aromatic nitrogens is 1. The number of benzene rings is 1. The molecule has 4 nitrogen and oxygen atoms in total. The van der Waals surface area contributed by atoms with Crippen molar-refractivity contribution in [2.45, 2.75) is 56.3 Å². The van der Waals surface area contributed by atoms with Gasteiger partial charge in [0.25, 0.3) is 0 Å². The van der Waals surface area contributed by atoms with E-state index in [1.807, 2.05) is 0 Å². The number of aliphatic imine (C=N–C) groups is 1. The molecule has 28 heavy (non-hydrogen) atoms. The lowest BCUT2D eigenvalue weighted by Gasteiger charge is -2.55. The first-order valence-corrected chi connectivity index (χ1v) is 9.32. The van der Waals surface area contributed by atoms with Crippen LogP contribution in [0.2, 0.25) is 0 Å². The number of halogens is 3. The highest BCUT2D eigenvalue weighted by molar-refractivity contribution is 5.87. The number of nitrogens with zero attached hydrogens (tertiary/aromatic N) is 2. The third kappa shape index (κ3) is 3.39. The van der Waals surface area contributed by atoms with Crippen LogP contribution in [0.1, 0.15) is 48.8 Å². The summed E-state index contributed by atoms with van der Waals surface area (Å²) >= 11 is 0. The Morgan fingerprint density at radius 1 is 1.18 bits per heavy atom. The maximum Gasteiger partial charge on any atom is 0.416 e. The molecule has 0 spiro atoms. The van der Waals surface area contributed by atoms with E-state index in [9.17, 15) is 18.3 Å². The fourth-order valence-electron chi connectivity index (χ4n) is 4.51. The molecular formula is C21H22F3N3O. The zero-order valence-corrected chi connectivity index (χ0v) is 15.6. The van der Waals surface area contributed by atoms with Crippen LogP contribution in [-0.2, 0) is 6.18 Å². The van der Waals surface area contributed by atoms with E-state index in [1.165, 1.54) is 6.07 Å². The Bertz CT molecular complexity index is 946. The topological polar surface area (TPSA) is 71.5 Å². The Morgan fingerprint density at radius 2 is 1.93 bits per heavy atom. The van der Waals surface area contributed by atoms with Crippen molar-refractivity contribution in [2.24, 2.45) is 4.99 Å². The molecular weight excluding hydrogens is 367 g/mol. The molecule has 0 atom stereocenters. The molecule has 3 fully saturated rings. The Kier molecular flexibility index (Phi) is 4.26. The lowest BCUT2D eigenvalue weighted by atomic mass is 9.57. The molecule has 2 aromatic rings. The number of hydrogen-bond acceptors (Lipinski definition) is 4. The second-order valence-corrected chi connectivity index (χ2v) is 8.11. The van der Waals surface area contributed by atoms with Crippen molar-refractivity contribution in [2.75, 3.05) is 5.73 Å². The van der Waals surface area contributed by atoms with E-state index >= 15 is 0 Å². The first-order valence-electron chi connectivity index (χ1n) is 9.32. The van der Waals surface area contributed by atoms with Gasteiger partial charge >= 0.3 is 6.18 Å². The maximum atomic E-state index is 12.8. The molecule has 3 N–H and O–H groups in total. The Balaban J connectivity index is 1.56. The molecule has 1 aromatic heterocycles. The number of alkyl halides is 3. The third-order valence-corrected chi connectivity index (χ3v) is 5.87. The monoisotopic (exact) mass is 389 g/mol. The third-order valence-electron chi connectivity index (χ3n) is 5.87. The number of anilines is 1. The Hall–Kier alpha value is -2.41. The zero-order valence-electron chi connectivity index (χ0n) is 15.6. The van der Waals surface area contributed by atoms with Gasteiger partial charge in [-0.2, -0.15) is 13.2 Å². The number of aryl methyl sites for hydroxylation is 1. The van der Waals surface area contributed by atoms with Gasteiger partial charge in [-0.3, -0.25) is 4.99 Å². The number of nitrogens with two attached hydrogens (primary N) is 1.